The molecule has 1 aliphatic rings. The van der Waals surface area contributed by atoms with Gasteiger partial charge in [-0.25, -0.2) is 0 Å². The highest BCUT2D eigenvalue weighted by Gasteiger charge is 2.17. The van der Waals surface area contributed by atoms with Crippen molar-refractivity contribution in [2.24, 2.45) is 0 Å². The summed E-state index contributed by atoms with van der Waals surface area (Å²) in [6, 6.07) is 12.2. The van der Waals surface area contributed by atoms with Gasteiger partial charge in [-0.3, -0.25) is 4.79 Å². The molecular weight excluding hydrogens is 238 g/mol. The zero-order chi connectivity index (χ0) is 13.1. The van der Waals surface area contributed by atoms with E-state index in [0.717, 1.165) is 23.3 Å². The van der Waals surface area contributed by atoms with Crippen LogP contribution in [0.25, 0.3) is 11.3 Å². The number of benzene rings is 1. The van der Waals surface area contributed by atoms with Crippen LogP contribution in [-0.2, 0) is 0 Å². The Hall–Kier alpha value is -2.03. The minimum atomic E-state index is 0.366. The fraction of sp³-hybridized carbons (Fsp3) is 0.312. The maximum Gasteiger partial charge on any atom is 0.185 e. The van der Waals surface area contributed by atoms with Gasteiger partial charge in [-0.1, -0.05) is 25.0 Å². The number of hydrogen-bond donors (Lipinski definition) is 1. The third-order valence-electron chi connectivity index (χ3n) is 3.65. The van der Waals surface area contributed by atoms with E-state index < -0.39 is 0 Å². The number of para-hydroxylation sites is 1. The number of furan rings is 1. The Morgan fingerprint density at radius 2 is 1.89 bits per heavy atom. The van der Waals surface area contributed by atoms with E-state index in [0.29, 0.717) is 11.8 Å². The molecule has 3 rings (SSSR count). The second kappa shape index (κ2) is 5.31. The quantitative estimate of drug-likeness (QED) is 0.836. The molecule has 19 heavy (non-hydrogen) atoms. The zero-order valence-corrected chi connectivity index (χ0v) is 10.8. The van der Waals surface area contributed by atoms with Crippen LogP contribution in [0.3, 0.4) is 0 Å². The maximum atomic E-state index is 10.7. The van der Waals surface area contributed by atoms with Gasteiger partial charge < -0.3 is 9.73 Å². The molecule has 1 N–H and O–H groups in total. The molecule has 3 heteroatoms. The number of carbonyl (C=O) groups excluding carboxylic acids is 1. The Balaban J connectivity index is 1.89. The van der Waals surface area contributed by atoms with Gasteiger partial charge >= 0.3 is 0 Å². The second-order valence-corrected chi connectivity index (χ2v) is 4.99. The van der Waals surface area contributed by atoms with Gasteiger partial charge in [-0.05, 0) is 37.1 Å². The van der Waals surface area contributed by atoms with Crippen molar-refractivity contribution in [2.75, 3.05) is 5.32 Å². The molecule has 0 atom stereocenters. The van der Waals surface area contributed by atoms with Crippen LogP contribution in [0.2, 0.25) is 0 Å². The third kappa shape index (κ3) is 2.55. The molecule has 0 spiro atoms. The van der Waals surface area contributed by atoms with E-state index in [-0.39, 0.29) is 0 Å². The molecule has 1 saturated carbocycles. The maximum absolute atomic E-state index is 10.7. The first-order chi connectivity index (χ1) is 9.36. The normalized spacial score (nSPS) is 15.6. The van der Waals surface area contributed by atoms with Gasteiger partial charge in [0.15, 0.2) is 12.0 Å². The van der Waals surface area contributed by atoms with Crippen molar-refractivity contribution in [3.8, 4) is 11.3 Å². The van der Waals surface area contributed by atoms with Crippen molar-refractivity contribution in [3.05, 3.63) is 42.2 Å². The van der Waals surface area contributed by atoms with Crippen LogP contribution in [0.1, 0.15) is 36.2 Å². The van der Waals surface area contributed by atoms with Crippen molar-refractivity contribution in [2.45, 2.75) is 31.7 Å². The number of rotatable bonds is 4. The predicted molar refractivity (Wildman–Crippen MR) is 75.4 cm³/mol. The Labute approximate surface area is 112 Å². The molecule has 1 fully saturated rings. The number of carbonyl (C=O) groups is 1. The molecular formula is C16H17NO2. The van der Waals surface area contributed by atoms with E-state index in [2.05, 4.69) is 11.4 Å². The lowest BCUT2D eigenvalue weighted by Crippen LogP contribution is -2.14. The van der Waals surface area contributed by atoms with E-state index in [9.17, 15) is 4.79 Å². The molecule has 0 bridgehead atoms. The van der Waals surface area contributed by atoms with Crippen molar-refractivity contribution < 1.29 is 9.21 Å². The molecule has 1 heterocycles. The first-order valence-electron chi connectivity index (χ1n) is 6.78. The molecule has 1 aliphatic carbocycles. The summed E-state index contributed by atoms with van der Waals surface area (Å²) >= 11 is 0. The first kappa shape index (κ1) is 12.0. The summed E-state index contributed by atoms with van der Waals surface area (Å²) in [5, 5.41) is 3.59. The highest BCUT2D eigenvalue weighted by molar-refractivity contribution is 5.78. The highest BCUT2D eigenvalue weighted by Crippen LogP contribution is 2.31. The number of anilines is 1. The molecule has 98 valence electrons. The van der Waals surface area contributed by atoms with E-state index in [4.69, 9.17) is 4.42 Å². The lowest BCUT2D eigenvalue weighted by molar-refractivity contribution is 0.110. The Bertz CT molecular complexity index is 568. The van der Waals surface area contributed by atoms with E-state index in [1.54, 1.807) is 6.07 Å². The molecule has 0 saturated heterocycles. The van der Waals surface area contributed by atoms with E-state index in [1.807, 2.05) is 24.3 Å². The van der Waals surface area contributed by atoms with Crippen molar-refractivity contribution in [1.82, 2.24) is 0 Å². The zero-order valence-electron chi connectivity index (χ0n) is 10.8. The highest BCUT2D eigenvalue weighted by atomic mass is 16.3. The average molecular weight is 255 g/mol. The van der Waals surface area contributed by atoms with Crippen LogP contribution < -0.4 is 5.32 Å². The molecule has 3 nitrogen and oxygen atoms in total. The Morgan fingerprint density at radius 1 is 1.11 bits per heavy atom. The second-order valence-electron chi connectivity index (χ2n) is 4.99. The first-order valence-corrected chi connectivity index (χ1v) is 6.78. The molecule has 0 amide bonds. The molecule has 2 aromatic rings. The smallest absolute Gasteiger partial charge is 0.185 e. The number of nitrogens with one attached hydrogen (secondary N) is 1. The van der Waals surface area contributed by atoms with Crippen molar-refractivity contribution in [1.29, 1.82) is 0 Å². The summed E-state index contributed by atoms with van der Waals surface area (Å²) in [6.45, 7) is 0. The van der Waals surface area contributed by atoms with E-state index >= 15 is 0 Å². The van der Waals surface area contributed by atoms with Crippen LogP contribution in [0.5, 0.6) is 0 Å². The summed E-state index contributed by atoms with van der Waals surface area (Å²) in [6.07, 6.45) is 5.79. The van der Waals surface area contributed by atoms with Crippen LogP contribution in [0.15, 0.2) is 40.8 Å². The topological polar surface area (TPSA) is 42.2 Å². The summed E-state index contributed by atoms with van der Waals surface area (Å²) in [5.41, 5.74) is 2.10. The summed E-state index contributed by atoms with van der Waals surface area (Å²) in [4.78, 5) is 10.7. The van der Waals surface area contributed by atoms with Crippen LogP contribution in [-0.4, -0.2) is 12.3 Å². The van der Waals surface area contributed by atoms with Gasteiger partial charge in [0, 0.05) is 17.3 Å². The summed E-state index contributed by atoms with van der Waals surface area (Å²) in [5.74, 6) is 1.11. The van der Waals surface area contributed by atoms with Gasteiger partial charge in [0.25, 0.3) is 0 Å². The molecule has 1 aromatic heterocycles. The lowest BCUT2D eigenvalue weighted by Gasteiger charge is -2.16. The fourth-order valence-corrected chi connectivity index (χ4v) is 2.67. The molecule has 0 unspecified atom stereocenters. The minimum Gasteiger partial charge on any atom is -0.453 e. The molecule has 0 radical (unpaired) electrons. The van der Waals surface area contributed by atoms with Crippen LogP contribution in [0.4, 0.5) is 5.69 Å². The SMILES string of the molecule is O=Cc1ccc(-c2ccccc2NC2CCCC2)o1. The summed E-state index contributed by atoms with van der Waals surface area (Å²) < 4.78 is 5.52. The predicted octanol–water partition coefficient (Wildman–Crippen LogP) is 4.11. The van der Waals surface area contributed by atoms with Gasteiger partial charge in [0.05, 0.1) is 0 Å². The van der Waals surface area contributed by atoms with Crippen molar-refractivity contribution in [3.63, 3.8) is 0 Å². The fourth-order valence-electron chi connectivity index (χ4n) is 2.67. The molecule has 1 aromatic carbocycles. The van der Waals surface area contributed by atoms with E-state index in [1.165, 1.54) is 25.7 Å². The van der Waals surface area contributed by atoms with Gasteiger partial charge in [0.1, 0.15) is 5.76 Å². The lowest BCUT2D eigenvalue weighted by atomic mass is 10.1. The number of aldehydes is 1. The Kier molecular flexibility index (Phi) is 3.36. The summed E-state index contributed by atoms with van der Waals surface area (Å²) in [7, 11) is 0. The van der Waals surface area contributed by atoms with Gasteiger partial charge in [-0.2, -0.15) is 0 Å². The van der Waals surface area contributed by atoms with Gasteiger partial charge in [-0.15, -0.1) is 0 Å². The average Bonchev–Trinajstić information content (AvgIpc) is 3.10. The Morgan fingerprint density at radius 3 is 2.63 bits per heavy atom. The minimum absolute atomic E-state index is 0.366. The largest absolute Gasteiger partial charge is 0.453 e. The third-order valence-corrected chi connectivity index (χ3v) is 3.65. The van der Waals surface area contributed by atoms with Crippen LogP contribution in [0, 0.1) is 0 Å². The number of hydrogen-bond acceptors (Lipinski definition) is 3. The molecule has 0 aliphatic heterocycles. The van der Waals surface area contributed by atoms with Crippen LogP contribution >= 0.6 is 0 Å². The monoisotopic (exact) mass is 255 g/mol. The van der Waals surface area contributed by atoms with Gasteiger partial charge in [0.2, 0.25) is 0 Å². The van der Waals surface area contributed by atoms with Crippen molar-refractivity contribution >= 4 is 12.0 Å². The standard InChI is InChI=1S/C16H17NO2/c18-11-13-9-10-16(19-13)14-7-3-4-8-15(14)17-12-5-1-2-6-12/h3-4,7-12,17H,1-2,5-6H2.